The van der Waals surface area contributed by atoms with Crippen molar-refractivity contribution in [2.24, 2.45) is 11.8 Å². The Balaban J connectivity index is 1.65. The molecule has 1 saturated heterocycles. The van der Waals surface area contributed by atoms with E-state index in [1.165, 1.54) is 4.90 Å². The first kappa shape index (κ1) is 22.0. The fourth-order valence-electron chi connectivity index (χ4n) is 6.86. The molecule has 35 heavy (non-hydrogen) atoms. The molecular formula is C29H27NO5. The second-order valence-corrected chi connectivity index (χ2v) is 9.24. The lowest BCUT2D eigenvalue weighted by Gasteiger charge is -2.56. The number of carbonyl (C=O) groups excluding carboxylic acids is 2. The molecule has 0 N–H and O–H groups in total. The van der Waals surface area contributed by atoms with Gasteiger partial charge in [-0.15, -0.1) is 0 Å². The molecule has 178 valence electrons. The van der Waals surface area contributed by atoms with Crippen molar-refractivity contribution >= 4 is 17.5 Å². The Morgan fingerprint density at radius 3 is 2.00 bits per heavy atom. The lowest BCUT2D eigenvalue weighted by molar-refractivity contribution is -0.168. The van der Waals surface area contributed by atoms with Crippen molar-refractivity contribution in [3.05, 3.63) is 95.1 Å². The molecule has 7 rings (SSSR count). The maximum Gasteiger partial charge on any atom is 0.239 e. The summed E-state index contributed by atoms with van der Waals surface area (Å²) < 4.78 is 17.7. The average molecular weight is 470 g/mol. The molecule has 3 aromatic carbocycles. The Kier molecular flexibility index (Phi) is 5.06. The van der Waals surface area contributed by atoms with Crippen molar-refractivity contribution in [1.29, 1.82) is 0 Å². The Bertz CT molecular complexity index is 1280. The van der Waals surface area contributed by atoms with Gasteiger partial charge in [0.15, 0.2) is 6.29 Å². The number of ether oxygens (including phenoxy) is 3. The van der Waals surface area contributed by atoms with Crippen molar-refractivity contribution in [2.75, 3.05) is 25.7 Å². The van der Waals surface area contributed by atoms with Gasteiger partial charge in [0.05, 0.1) is 29.5 Å². The molecule has 3 aliphatic carbocycles. The van der Waals surface area contributed by atoms with Crippen molar-refractivity contribution < 1.29 is 23.8 Å². The number of methoxy groups -OCH3 is 2. The van der Waals surface area contributed by atoms with Crippen LogP contribution in [0.2, 0.25) is 0 Å². The standard InChI is InChI=1S/C29H27NO5/c1-4-35-22-16-10-9-15-21(22)30-26(31)24-23-17-11-5-7-13-19(17)29(25(24)27(30)32,28(33-2)34-3)20-14-8-6-12-18(20)23/h5-16,23-25,28H,4H2,1-3H3/t23?,24-,25-,29?/m1/s1. The summed E-state index contributed by atoms with van der Waals surface area (Å²) in [5.74, 6) is -1.43. The van der Waals surface area contributed by atoms with Crippen LogP contribution in [0.15, 0.2) is 72.8 Å². The minimum Gasteiger partial charge on any atom is -0.492 e. The highest BCUT2D eigenvalue weighted by Gasteiger charge is 2.71. The summed E-state index contributed by atoms with van der Waals surface area (Å²) in [6.07, 6.45) is -0.766. The van der Waals surface area contributed by atoms with E-state index in [0.29, 0.717) is 18.0 Å². The number of nitrogens with zero attached hydrogens (tertiary/aromatic N) is 1. The van der Waals surface area contributed by atoms with Crippen molar-refractivity contribution in [1.82, 2.24) is 0 Å². The maximum absolute atomic E-state index is 14.4. The Morgan fingerprint density at radius 2 is 1.40 bits per heavy atom. The van der Waals surface area contributed by atoms with E-state index in [1.807, 2.05) is 55.5 Å². The first-order chi connectivity index (χ1) is 17.1. The van der Waals surface area contributed by atoms with Crippen LogP contribution < -0.4 is 9.64 Å². The first-order valence-electron chi connectivity index (χ1n) is 11.9. The highest BCUT2D eigenvalue weighted by atomic mass is 16.7. The van der Waals surface area contributed by atoms with Gasteiger partial charge in [0.1, 0.15) is 5.75 Å². The zero-order valence-corrected chi connectivity index (χ0v) is 19.9. The number of amides is 2. The van der Waals surface area contributed by atoms with E-state index in [-0.39, 0.29) is 17.7 Å². The van der Waals surface area contributed by atoms with Gasteiger partial charge in [-0.2, -0.15) is 0 Å². The molecule has 2 bridgehead atoms. The number of anilines is 1. The zero-order valence-electron chi connectivity index (χ0n) is 19.9. The molecule has 0 radical (unpaired) electrons. The summed E-state index contributed by atoms with van der Waals surface area (Å²) >= 11 is 0. The Morgan fingerprint density at radius 1 is 0.829 bits per heavy atom. The van der Waals surface area contributed by atoms with Gasteiger partial charge in [-0.25, -0.2) is 4.90 Å². The third-order valence-corrected chi connectivity index (χ3v) is 7.89. The van der Waals surface area contributed by atoms with Gasteiger partial charge >= 0.3 is 0 Å². The Hall–Kier alpha value is -3.48. The van der Waals surface area contributed by atoms with Gasteiger partial charge in [0.2, 0.25) is 11.8 Å². The van der Waals surface area contributed by atoms with Crippen LogP contribution in [0.5, 0.6) is 5.75 Å². The van der Waals surface area contributed by atoms with Crippen molar-refractivity contribution in [2.45, 2.75) is 24.5 Å². The van der Waals surface area contributed by atoms with Crippen LogP contribution in [-0.4, -0.2) is 38.9 Å². The minimum absolute atomic E-state index is 0.212. The quantitative estimate of drug-likeness (QED) is 0.399. The van der Waals surface area contributed by atoms with Crippen LogP contribution in [0.1, 0.15) is 35.1 Å². The second kappa shape index (κ2) is 8.04. The van der Waals surface area contributed by atoms with Crippen molar-refractivity contribution in [3.63, 3.8) is 0 Å². The smallest absolute Gasteiger partial charge is 0.239 e. The summed E-state index contributed by atoms with van der Waals surface area (Å²) in [6, 6.07) is 23.4. The van der Waals surface area contributed by atoms with Crippen molar-refractivity contribution in [3.8, 4) is 5.75 Å². The van der Waals surface area contributed by atoms with Gasteiger partial charge in [-0.05, 0) is 41.3 Å². The molecule has 0 unspecified atom stereocenters. The molecule has 1 aliphatic heterocycles. The maximum atomic E-state index is 14.4. The normalized spacial score (nSPS) is 26.1. The van der Waals surface area contributed by atoms with Crippen LogP contribution in [0, 0.1) is 11.8 Å². The summed E-state index contributed by atoms with van der Waals surface area (Å²) in [5, 5.41) is 0. The molecule has 6 heteroatoms. The minimum atomic E-state index is -0.974. The molecule has 4 aliphatic rings. The van der Waals surface area contributed by atoms with Gasteiger partial charge in [-0.3, -0.25) is 9.59 Å². The number of benzene rings is 3. The van der Waals surface area contributed by atoms with Gasteiger partial charge in [0, 0.05) is 20.1 Å². The summed E-state index contributed by atoms with van der Waals surface area (Å²) in [6.45, 7) is 2.31. The summed E-state index contributed by atoms with van der Waals surface area (Å²) in [5.41, 5.74) is 3.57. The molecule has 1 fully saturated rings. The highest BCUT2D eigenvalue weighted by molar-refractivity contribution is 6.24. The molecule has 0 saturated carbocycles. The lowest BCUT2D eigenvalue weighted by Crippen LogP contribution is -2.60. The molecule has 2 amide bonds. The monoisotopic (exact) mass is 469 g/mol. The van der Waals surface area contributed by atoms with E-state index in [0.717, 1.165) is 22.3 Å². The average Bonchev–Trinajstić information content (AvgIpc) is 3.16. The van der Waals surface area contributed by atoms with Crippen LogP contribution in [0.3, 0.4) is 0 Å². The largest absolute Gasteiger partial charge is 0.492 e. The molecular weight excluding hydrogens is 442 g/mol. The van der Waals surface area contributed by atoms with E-state index < -0.39 is 23.5 Å². The predicted molar refractivity (Wildman–Crippen MR) is 130 cm³/mol. The van der Waals surface area contributed by atoms with E-state index in [1.54, 1.807) is 26.4 Å². The molecule has 0 spiro atoms. The van der Waals surface area contributed by atoms with E-state index in [2.05, 4.69) is 12.1 Å². The molecule has 0 aromatic heterocycles. The molecule has 2 atom stereocenters. The summed E-state index contributed by atoms with van der Waals surface area (Å²) in [7, 11) is 3.18. The fraction of sp³-hybridized carbons (Fsp3) is 0.310. The fourth-order valence-corrected chi connectivity index (χ4v) is 6.86. The van der Waals surface area contributed by atoms with Crippen LogP contribution in [-0.2, 0) is 24.5 Å². The third-order valence-electron chi connectivity index (χ3n) is 7.89. The number of hydrogen-bond acceptors (Lipinski definition) is 5. The van der Waals surface area contributed by atoms with Crippen LogP contribution in [0.25, 0.3) is 0 Å². The van der Waals surface area contributed by atoms with Gasteiger partial charge in [-0.1, -0.05) is 60.7 Å². The first-order valence-corrected chi connectivity index (χ1v) is 11.9. The summed E-state index contributed by atoms with van der Waals surface area (Å²) in [4.78, 5) is 30.0. The number of carbonyl (C=O) groups is 2. The third kappa shape index (κ3) is 2.66. The van der Waals surface area contributed by atoms with Crippen LogP contribution >= 0.6 is 0 Å². The predicted octanol–water partition coefficient (Wildman–Crippen LogP) is 4.26. The van der Waals surface area contributed by atoms with Gasteiger partial charge < -0.3 is 14.2 Å². The number of hydrogen-bond donors (Lipinski definition) is 0. The SMILES string of the molecule is CCOc1ccccc1N1C(=O)[C@@H]2C3c4ccccc4C(C(OC)OC)(c4ccccc43)[C@H]2C1=O. The highest BCUT2D eigenvalue weighted by Crippen LogP contribution is 2.66. The van der Waals surface area contributed by atoms with E-state index in [9.17, 15) is 9.59 Å². The Labute approximate surface area is 204 Å². The number of para-hydroxylation sites is 2. The molecule has 3 aromatic rings. The van der Waals surface area contributed by atoms with E-state index in [4.69, 9.17) is 14.2 Å². The lowest BCUT2D eigenvalue weighted by atomic mass is 9.47. The second-order valence-electron chi connectivity index (χ2n) is 9.24. The topological polar surface area (TPSA) is 65.1 Å². The van der Waals surface area contributed by atoms with Crippen LogP contribution in [0.4, 0.5) is 5.69 Å². The van der Waals surface area contributed by atoms with Gasteiger partial charge in [0.25, 0.3) is 0 Å². The van der Waals surface area contributed by atoms with E-state index >= 15 is 0 Å². The molecule has 1 heterocycles. The zero-order chi connectivity index (χ0) is 24.3. The number of rotatable bonds is 6. The number of imide groups is 1. The molecule has 6 nitrogen and oxygen atoms in total.